The predicted molar refractivity (Wildman–Crippen MR) is 53.4 cm³/mol. The van der Waals surface area contributed by atoms with Crippen molar-refractivity contribution >= 4 is 5.91 Å². The van der Waals surface area contributed by atoms with Gasteiger partial charge in [-0.25, -0.2) is 5.48 Å². The third-order valence-electron chi connectivity index (χ3n) is 3.35. The summed E-state index contributed by atoms with van der Waals surface area (Å²) in [6.07, 6.45) is 9.44. The van der Waals surface area contributed by atoms with Crippen LogP contribution in [-0.4, -0.2) is 12.0 Å². The number of carbonyl (C=O) groups is 1. The van der Waals surface area contributed by atoms with E-state index in [0.717, 1.165) is 25.7 Å². The molecule has 2 aliphatic carbocycles. The fraction of sp³-hybridized carbons (Fsp3) is 0.909. The third-order valence-corrected chi connectivity index (χ3v) is 3.35. The van der Waals surface area contributed by atoms with E-state index in [9.17, 15) is 4.79 Å². The minimum Gasteiger partial charge on any atom is -0.273 e. The molecule has 0 bridgehead atoms. The van der Waals surface area contributed by atoms with Gasteiger partial charge in [-0.15, -0.1) is 0 Å². The topological polar surface area (TPSA) is 38.3 Å². The van der Waals surface area contributed by atoms with Crippen LogP contribution in [0.1, 0.15) is 51.4 Å². The minimum atomic E-state index is 0.106. The summed E-state index contributed by atoms with van der Waals surface area (Å²) in [5.74, 6) is 0.325. The Morgan fingerprint density at radius 2 is 1.57 bits per heavy atom. The van der Waals surface area contributed by atoms with E-state index in [4.69, 9.17) is 4.84 Å². The summed E-state index contributed by atoms with van der Waals surface area (Å²) < 4.78 is 0. The van der Waals surface area contributed by atoms with Crippen LogP contribution in [-0.2, 0) is 9.63 Å². The molecule has 2 aliphatic rings. The van der Waals surface area contributed by atoms with Gasteiger partial charge in [-0.05, 0) is 25.7 Å². The number of hydrogen-bond donors (Lipinski definition) is 1. The smallest absolute Gasteiger partial charge is 0.246 e. The molecule has 0 aromatic heterocycles. The first-order valence-corrected chi connectivity index (χ1v) is 5.82. The second-order valence-corrected chi connectivity index (χ2v) is 4.47. The summed E-state index contributed by atoms with van der Waals surface area (Å²) in [7, 11) is 0. The quantitative estimate of drug-likeness (QED) is 0.704. The minimum absolute atomic E-state index is 0.106. The third kappa shape index (κ3) is 2.47. The van der Waals surface area contributed by atoms with Crippen molar-refractivity contribution in [2.75, 3.05) is 0 Å². The van der Waals surface area contributed by atoms with E-state index in [1.807, 2.05) is 0 Å². The molecule has 0 atom stereocenters. The Morgan fingerprint density at radius 1 is 1.00 bits per heavy atom. The van der Waals surface area contributed by atoms with Gasteiger partial charge >= 0.3 is 0 Å². The molecule has 2 fully saturated rings. The van der Waals surface area contributed by atoms with Crippen LogP contribution in [0.25, 0.3) is 0 Å². The lowest BCUT2D eigenvalue weighted by Gasteiger charge is -2.14. The molecule has 0 spiro atoms. The van der Waals surface area contributed by atoms with Crippen molar-refractivity contribution in [3.05, 3.63) is 0 Å². The zero-order valence-corrected chi connectivity index (χ0v) is 8.63. The van der Waals surface area contributed by atoms with Gasteiger partial charge in [-0.2, -0.15) is 0 Å². The summed E-state index contributed by atoms with van der Waals surface area (Å²) in [6, 6.07) is 0. The van der Waals surface area contributed by atoms with E-state index < -0.39 is 0 Å². The van der Waals surface area contributed by atoms with E-state index in [-0.39, 0.29) is 17.9 Å². The highest BCUT2D eigenvalue weighted by Crippen LogP contribution is 2.25. The number of amides is 1. The lowest BCUT2D eigenvalue weighted by Crippen LogP contribution is -2.32. The summed E-state index contributed by atoms with van der Waals surface area (Å²) in [5.41, 5.74) is 2.63. The molecule has 0 radical (unpaired) electrons. The van der Waals surface area contributed by atoms with Gasteiger partial charge in [0.25, 0.3) is 0 Å². The van der Waals surface area contributed by atoms with E-state index in [2.05, 4.69) is 5.48 Å². The van der Waals surface area contributed by atoms with E-state index >= 15 is 0 Å². The van der Waals surface area contributed by atoms with Crippen molar-refractivity contribution in [2.24, 2.45) is 5.92 Å². The van der Waals surface area contributed by atoms with Crippen molar-refractivity contribution in [3.8, 4) is 0 Å². The standard InChI is InChI=1S/C11H19NO2/c13-11(9-5-1-2-6-9)12-14-10-7-3-4-8-10/h9-10H,1-8H2,(H,12,13). The normalized spacial score (nSPS) is 24.3. The summed E-state index contributed by atoms with van der Waals surface area (Å²) >= 11 is 0. The monoisotopic (exact) mass is 197 g/mol. The maximum Gasteiger partial charge on any atom is 0.246 e. The molecule has 80 valence electrons. The van der Waals surface area contributed by atoms with Crippen molar-refractivity contribution in [1.82, 2.24) is 5.48 Å². The van der Waals surface area contributed by atoms with Gasteiger partial charge in [-0.1, -0.05) is 25.7 Å². The highest BCUT2D eigenvalue weighted by Gasteiger charge is 2.24. The van der Waals surface area contributed by atoms with Gasteiger partial charge in [-0.3, -0.25) is 9.63 Å². The van der Waals surface area contributed by atoms with Crippen LogP contribution in [0.4, 0.5) is 0 Å². The highest BCUT2D eigenvalue weighted by molar-refractivity contribution is 5.77. The summed E-state index contributed by atoms with van der Waals surface area (Å²) in [4.78, 5) is 16.9. The molecule has 2 saturated carbocycles. The summed E-state index contributed by atoms with van der Waals surface area (Å²) in [5, 5.41) is 0. The van der Waals surface area contributed by atoms with Gasteiger partial charge in [0.15, 0.2) is 0 Å². The Bertz CT molecular complexity index is 193. The van der Waals surface area contributed by atoms with Gasteiger partial charge in [0.1, 0.15) is 0 Å². The lowest BCUT2D eigenvalue weighted by atomic mass is 10.1. The number of hydroxylamine groups is 1. The Morgan fingerprint density at radius 3 is 2.21 bits per heavy atom. The predicted octanol–water partition coefficient (Wildman–Crippen LogP) is 2.17. The molecular weight excluding hydrogens is 178 g/mol. The zero-order chi connectivity index (χ0) is 9.80. The van der Waals surface area contributed by atoms with Crippen LogP contribution in [0.3, 0.4) is 0 Å². The fourth-order valence-electron chi connectivity index (χ4n) is 2.42. The second-order valence-electron chi connectivity index (χ2n) is 4.47. The van der Waals surface area contributed by atoms with Gasteiger partial charge in [0.05, 0.1) is 6.10 Å². The molecule has 2 rings (SSSR count). The molecular formula is C11H19NO2. The summed E-state index contributed by atoms with van der Waals surface area (Å²) in [6.45, 7) is 0. The maximum atomic E-state index is 11.6. The number of nitrogens with one attached hydrogen (secondary N) is 1. The Balaban J connectivity index is 1.66. The molecule has 3 heteroatoms. The average Bonchev–Trinajstić information content (AvgIpc) is 2.87. The number of carbonyl (C=O) groups excluding carboxylic acids is 1. The van der Waals surface area contributed by atoms with Gasteiger partial charge in [0.2, 0.25) is 5.91 Å². The lowest BCUT2D eigenvalue weighted by molar-refractivity contribution is -0.142. The van der Waals surface area contributed by atoms with Crippen molar-refractivity contribution in [3.63, 3.8) is 0 Å². The average molecular weight is 197 g/mol. The van der Waals surface area contributed by atoms with Crippen molar-refractivity contribution < 1.29 is 9.63 Å². The molecule has 1 amide bonds. The highest BCUT2D eigenvalue weighted by atomic mass is 16.7. The molecule has 0 aromatic rings. The fourth-order valence-corrected chi connectivity index (χ4v) is 2.42. The van der Waals surface area contributed by atoms with E-state index in [0.29, 0.717) is 0 Å². The Kier molecular flexibility index (Phi) is 3.40. The van der Waals surface area contributed by atoms with E-state index in [1.165, 1.54) is 25.7 Å². The van der Waals surface area contributed by atoms with Gasteiger partial charge < -0.3 is 0 Å². The molecule has 0 aromatic carbocycles. The first kappa shape index (κ1) is 9.97. The SMILES string of the molecule is O=C(NOC1CCCC1)C1CCCC1. The van der Waals surface area contributed by atoms with Crippen molar-refractivity contribution in [2.45, 2.75) is 57.5 Å². The van der Waals surface area contributed by atoms with Crippen LogP contribution in [0.15, 0.2) is 0 Å². The first-order valence-electron chi connectivity index (χ1n) is 5.82. The maximum absolute atomic E-state index is 11.6. The number of rotatable bonds is 3. The van der Waals surface area contributed by atoms with Crippen LogP contribution in [0.2, 0.25) is 0 Å². The molecule has 0 saturated heterocycles. The number of hydrogen-bond acceptors (Lipinski definition) is 2. The molecule has 3 nitrogen and oxygen atoms in total. The van der Waals surface area contributed by atoms with Crippen LogP contribution < -0.4 is 5.48 Å². The Labute approximate surface area is 85.2 Å². The van der Waals surface area contributed by atoms with Crippen LogP contribution >= 0.6 is 0 Å². The molecule has 14 heavy (non-hydrogen) atoms. The zero-order valence-electron chi connectivity index (χ0n) is 8.63. The first-order chi connectivity index (χ1) is 6.86. The molecule has 0 unspecified atom stereocenters. The molecule has 0 heterocycles. The van der Waals surface area contributed by atoms with Gasteiger partial charge in [0, 0.05) is 5.92 Å². The van der Waals surface area contributed by atoms with E-state index in [1.54, 1.807) is 0 Å². The second kappa shape index (κ2) is 4.78. The largest absolute Gasteiger partial charge is 0.273 e. The Hall–Kier alpha value is -0.570. The van der Waals surface area contributed by atoms with Crippen LogP contribution in [0, 0.1) is 5.92 Å². The molecule has 0 aliphatic heterocycles. The van der Waals surface area contributed by atoms with Crippen LogP contribution in [0.5, 0.6) is 0 Å². The molecule has 1 N–H and O–H groups in total. The van der Waals surface area contributed by atoms with Crippen molar-refractivity contribution in [1.29, 1.82) is 0 Å².